The molecule has 0 aliphatic carbocycles. The lowest BCUT2D eigenvalue weighted by atomic mass is 10.0. The summed E-state index contributed by atoms with van der Waals surface area (Å²) in [6.45, 7) is 1.19. The normalized spacial score (nSPS) is 12.2. The molecule has 4 N–H and O–H groups in total. The van der Waals surface area contributed by atoms with Crippen molar-refractivity contribution < 1.29 is 19.4 Å². The van der Waals surface area contributed by atoms with Crippen LogP contribution in [-0.4, -0.2) is 45.9 Å². The first-order valence-electron chi connectivity index (χ1n) is 9.70. The Hall–Kier alpha value is -2.94. The first-order chi connectivity index (χ1) is 14.8. The van der Waals surface area contributed by atoms with Gasteiger partial charge in [0.2, 0.25) is 0 Å². The highest BCUT2D eigenvalue weighted by atomic mass is 35.5. The number of nitrogens with one attached hydrogen (secondary N) is 2. The van der Waals surface area contributed by atoms with E-state index in [1.54, 1.807) is 37.4 Å². The number of aromatic nitrogens is 1. The van der Waals surface area contributed by atoms with Crippen LogP contribution in [0.4, 0.5) is 14.9 Å². The smallest absolute Gasteiger partial charge is 0.322 e. The molecule has 0 aliphatic rings. The molecule has 164 valence electrons. The molecule has 3 aromatic rings. The van der Waals surface area contributed by atoms with Crippen molar-refractivity contribution in [1.29, 1.82) is 0 Å². The van der Waals surface area contributed by atoms with E-state index in [4.69, 9.17) is 11.6 Å². The van der Waals surface area contributed by atoms with E-state index in [-0.39, 0.29) is 30.3 Å². The van der Waals surface area contributed by atoms with Crippen molar-refractivity contribution in [2.75, 3.05) is 25.1 Å². The van der Waals surface area contributed by atoms with Gasteiger partial charge in [-0.1, -0.05) is 29.8 Å². The molecule has 2 aromatic carbocycles. The molecular weight excluding hydrogens is 425 g/mol. The molecule has 1 aromatic heterocycles. The van der Waals surface area contributed by atoms with Crippen molar-refractivity contribution in [2.24, 2.45) is 5.92 Å². The van der Waals surface area contributed by atoms with Crippen molar-refractivity contribution in [3.8, 4) is 0 Å². The van der Waals surface area contributed by atoms with Crippen LogP contribution in [-0.2, 0) is 0 Å². The van der Waals surface area contributed by atoms with Crippen molar-refractivity contribution in [3.05, 3.63) is 75.4 Å². The van der Waals surface area contributed by atoms with Gasteiger partial charge in [-0.2, -0.15) is 0 Å². The summed E-state index contributed by atoms with van der Waals surface area (Å²) in [4.78, 5) is 29.4. The third-order valence-corrected chi connectivity index (χ3v) is 5.45. The van der Waals surface area contributed by atoms with Crippen molar-refractivity contribution in [3.63, 3.8) is 0 Å². The predicted octanol–water partition coefficient (Wildman–Crippen LogP) is 3.52. The monoisotopic (exact) mass is 447 g/mol. The van der Waals surface area contributed by atoms with Crippen LogP contribution in [0, 0.1) is 11.7 Å². The van der Waals surface area contributed by atoms with Crippen molar-refractivity contribution in [1.82, 2.24) is 9.88 Å². The quantitative estimate of drug-likeness (QED) is 0.444. The van der Waals surface area contributed by atoms with Crippen LogP contribution in [0.3, 0.4) is 0 Å². The fourth-order valence-corrected chi connectivity index (χ4v) is 3.56. The van der Waals surface area contributed by atoms with Crippen LogP contribution in [0.5, 0.6) is 0 Å². The summed E-state index contributed by atoms with van der Waals surface area (Å²) < 4.78 is 13.4. The molecule has 2 amide bonds. The van der Waals surface area contributed by atoms with Crippen LogP contribution in [0.2, 0.25) is 5.02 Å². The standard InChI is InChI=1S/C22H23ClFN3O4/c1-13(18-9-25-21(30)17-5-3-2-4-16(17)18)27(10-14(11-28)12-29)22(31)26-15-6-7-20(24)19(23)8-15/h2-9,13-14,28-29H,10-12H2,1H3,(H,25,30)(H,26,31)/t13-/m1/s1. The summed E-state index contributed by atoms with van der Waals surface area (Å²) >= 11 is 5.80. The lowest BCUT2D eigenvalue weighted by Crippen LogP contribution is -2.42. The number of aromatic amines is 1. The van der Waals surface area contributed by atoms with E-state index in [0.717, 1.165) is 6.07 Å². The summed E-state index contributed by atoms with van der Waals surface area (Å²) in [7, 11) is 0. The third-order valence-electron chi connectivity index (χ3n) is 5.16. The minimum atomic E-state index is -0.606. The highest BCUT2D eigenvalue weighted by Gasteiger charge is 2.26. The Balaban J connectivity index is 1.98. The third kappa shape index (κ3) is 5.04. The maximum atomic E-state index is 13.4. The van der Waals surface area contributed by atoms with E-state index in [0.29, 0.717) is 22.0 Å². The number of amides is 2. The van der Waals surface area contributed by atoms with E-state index in [1.165, 1.54) is 17.0 Å². The number of rotatable bonds is 7. The highest BCUT2D eigenvalue weighted by Crippen LogP contribution is 2.28. The summed E-state index contributed by atoms with van der Waals surface area (Å²) in [5.74, 6) is -1.18. The van der Waals surface area contributed by atoms with Crippen molar-refractivity contribution in [2.45, 2.75) is 13.0 Å². The number of hydrogen-bond donors (Lipinski definition) is 4. The average molecular weight is 448 g/mol. The summed E-state index contributed by atoms with van der Waals surface area (Å²) in [5, 5.41) is 22.8. The number of fused-ring (bicyclic) bond motifs is 1. The van der Waals surface area contributed by atoms with E-state index < -0.39 is 23.8 Å². The molecule has 9 heteroatoms. The van der Waals surface area contributed by atoms with Gasteiger partial charge in [-0.3, -0.25) is 4.79 Å². The second-order valence-electron chi connectivity index (χ2n) is 7.24. The second kappa shape index (κ2) is 9.91. The van der Waals surface area contributed by atoms with Crippen LogP contribution < -0.4 is 10.9 Å². The van der Waals surface area contributed by atoms with Gasteiger partial charge < -0.3 is 25.4 Å². The molecule has 0 radical (unpaired) electrons. The molecule has 7 nitrogen and oxygen atoms in total. The van der Waals surface area contributed by atoms with Crippen LogP contribution in [0.15, 0.2) is 53.5 Å². The van der Waals surface area contributed by atoms with E-state index in [1.807, 2.05) is 0 Å². The molecular formula is C22H23ClFN3O4. The fourth-order valence-electron chi connectivity index (χ4n) is 3.38. The minimum Gasteiger partial charge on any atom is -0.396 e. The summed E-state index contributed by atoms with van der Waals surface area (Å²) in [5.41, 5.74) is 0.744. The number of pyridine rings is 1. The van der Waals surface area contributed by atoms with Gasteiger partial charge in [0, 0.05) is 42.9 Å². The van der Waals surface area contributed by atoms with E-state index >= 15 is 0 Å². The van der Waals surface area contributed by atoms with E-state index in [2.05, 4.69) is 10.3 Å². The number of halogens is 2. The Bertz CT molecular complexity index is 1130. The summed E-state index contributed by atoms with van der Waals surface area (Å²) in [6.07, 6.45) is 1.55. The Morgan fingerprint density at radius 1 is 1.19 bits per heavy atom. The van der Waals surface area contributed by atoms with Gasteiger partial charge >= 0.3 is 6.03 Å². The molecule has 0 unspecified atom stereocenters. The predicted molar refractivity (Wildman–Crippen MR) is 118 cm³/mol. The molecule has 0 saturated carbocycles. The first-order valence-corrected chi connectivity index (χ1v) is 10.1. The van der Waals surface area contributed by atoms with Gasteiger partial charge in [0.25, 0.3) is 5.56 Å². The van der Waals surface area contributed by atoms with Gasteiger partial charge in [0.1, 0.15) is 5.82 Å². The average Bonchev–Trinajstić information content (AvgIpc) is 2.77. The van der Waals surface area contributed by atoms with Gasteiger partial charge in [0.05, 0.1) is 11.1 Å². The number of carbonyl (C=O) groups is 1. The number of aliphatic hydroxyl groups excluding tert-OH is 2. The van der Waals surface area contributed by atoms with E-state index in [9.17, 15) is 24.2 Å². The largest absolute Gasteiger partial charge is 0.396 e. The van der Waals surface area contributed by atoms with Gasteiger partial charge in [-0.15, -0.1) is 0 Å². The zero-order chi connectivity index (χ0) is 22.5. The zero-order valence-corrected chi connectivity index (χ0v) is 17.6. The molecule has 3 rings (SSSR count). The lowest BCUT2D eigenvalue weighted by Gasteiger charge is -2.32. The second-order valence-corrected chi connectivity index (χ2v) is 7.64. The topological polar surface area (TPSA) is 106 Å². The number of aliphatic hydroxyl groups is 2. The number of hydrogen-bond acceptors (Lipinski definition) is 4. The van der Waals surface area contributed by atoms with Gasteiger partial charge in [-0.25, -0.2) is 9.18 Å². The van der Waals surface area contributed by atoms with Gasteiger partial charge in [-0.05, 0) is 42.1 Å². The number of H-pyrrole nitrogens is 1. The maximum Gasteiger partial charge on any atom is 0.322 e. The summed E-state index contributed by atoms with van der Waals surface area (Å²) in [6, 6.07) is 9.80. The lowest BCUT2D eigenvalue weighted by molar-refractivity contribution is 0.108. The molecule has 0 bridgehead atoms. The number of nitrogens with zero attached hydrogens (tertiary/aromatic N) is 1. The number of benzene rings is 2. The molecule has 31 heavy (non-hydrogen) atoms. The molecule has 0 saturated heterocycles. The number of carbonyl (C=O) groups excluding carboxylic acids is 1. The van der Waals surface area contributed by atoms with Crippen LogP contribution >= 0.6 is 11.6 Å². The molecule has 1 atom stereocenters. The highest BCUT2D eigenvalue weighted by molar-refractivity contribution is 6.31. The molecule has 1 heterocycles. The van der Waals surface area contributed by atoms with Crippen molar-refractivity contribution >= 4 is 34.1 Å². The molecule has 0 aliphatic heterocycles. The maximum absolute atomic E-state index is 13.4. The fraction of sp³-hybridized carbons (Fsp3) is 0.273. The van der Waals surface area contributed by atoms with Crippen LogP contribution in [0.25, 0.3) is 10.8 Å². The van der Waals surface area contributed by atoms with Crippen LogP contribution in [0.1, 0.15) is 18.5 Å². The minimum absolute atomic E-state index is 0.0440. The Morgan fingerprint density at radius 3 is 2.52 bits per heavy atom. The zero-order valence-electron chi connectivity index (χ0n) is 16.8. The number of anilines is 1. The SMILES string of the molecule is C[C@H](c1c[nH]c(=O)c2ccccc12)N(CC(CO)CO)C(=O)Nc1ccc(F)c(Cl)c1. The number of urea groups is 1. The Labute approximate surface area is 183 Å². The Kier molecular flexibility index (Phi) is 7.27. The first kappa shape index (κ1) is 22.7. The molecule has 0 fully saturated rings. The molecule has 0 spiro atoms. The van der Waals surface area contributed by atoms with Gasteiger partial charge in [0.15, 0.2) is 0 Å². The Morgan fingerprint density at radius 2 is 1.87 bits per heavy atom.